The molecule has 0 aliphatic heterocycles. The van der Waals surface area contributed by atoms with Crippen molar-refractivity contribution in [2.24, 2.45) is 5.73 Å². The molecule has 0 spiro atoms. The average Bonchev–Trinajstić information content (AvgIpc) is 2.40. The smallest absolute Gasteiger partial charge is 0.320 e. The first kappa shape index (κ1) is 15.1. The Morgan fingerprint density at radius 2 is 1.80 bits per heavy atom. The molecule has 7 heteroatoms. The monoisotopic (exact) mass is 320 g/mol. The minimum absolute atomic E-state index is 0.138. The van der Waals surface area contributed by atoms with E-state index in [1.807, 2.05) is 0 Å². The number of nitrogens with zero attached hydrogens (tertiary/aromatic N) is 1. The highest BCUT2D eigenvalue weighted by molar-refractivity contribution is 6.42. The van der Waals surface area contributed by atoms with Gasteiger partial charge >= 0.3 is 6.18 Å². The molecule has 2 rings (SSSR count). The predicted molar refractivity (Wildman–Crippen MR) is 71.7 cm³/mol. The highest BCUT2D eigenvalue weighted by Crippen LogP contribution is 2.38. The van der Waals surface area contributed by atoms with Gasteiger partial charge in [-0.3, -0.25) is 4.98 Å². The third-order valence-electron chi connectivity index (χ3n) is 2.81. The van der Waals surface area contributed by atoms with E-state index in [-0.39, 0.29) is 15.6 Å². The Labute approximate surface area is 123 Å². The van der Waals surface area contributed by atoms with Gasteiger partial charge in [-0.05, 0) is 17.7 Å². The summed E-state index contributed by atoms with van der Waals surface area (Å²) in [5.41, 5.74) is 5.23. The van der Waals surface area contributed by atoms with Crippen LogP contribution in [0.3, 0.4) is 0 Å². The third-order valence-corrected chi connectivity index (χ3v) is 3.64. The van der Waals surface area contributed by atoms with Gasteiger partial charge in [0, 0.05) is 18.0 Å². The van der Waals surface area contributed by atoms with Crippen molar-refractivity contribution in [1.29, 1.82) is 0 Å². The summed E-state index contributed by atoms with van der Waals surface area (Å²) in [6, 6.07) is 4.47. The topological polar surface area (TPSA) is 38.9 Å². The van der Waals surface area contributed by atoms with Crippen LogP contribution in [0.1, 0.15) is 22.7 Å². The fraction of sp³-hybridized carbons (Fsp3) is 0.154. The number of pyridine rings is 1. The number of hydrogen-bond acceptors (Lipinski definition) is 2. The lowest BCUT2D eigenvalue weighted by atomic mass is 9.96. The first-order chi connectivity index (χ1) is 9.32. The molecule has 1 unspecified atom stereocenters. The standard InChI is InChI=1S/C13H9Cl2F3N2/c14-10-3-1-2-7(11(10)15)12(19)8-6-20-5-4-9(8)13(16,17)18/h1-6,12H,19H2. The molecule has 1 atom stereocenters. The van der Waals surface area contributed by atoms with Gasteiger partial charge in [0.05, 0.1) is 21.7 Å². The molecular weight excluding hydrogens is 312 g/mol. The number of benzene rings is 1. The van der Waals surface area contributed by atoms with E-state index in [0.29, 0.717) is 5.56 Å². The number of aromatic nitrogens is 1. The fourth-order valence-corrected chi connectivity index (χ4v) is 2.27. The molecular formula is C13H9Cl2F3N2. The summed E-state index contributed by atoms with van der Waals surface area (Å²) < 4.78 is 38.9. The Kier molecular flexibility index (Phi) is 4.22. The molecule has 2 aromatic rings. The second-order valence-electron chi connectivity index (χ2n) is 4.08. The zero-order valence-corrected chi connectivity index (χ0v) is 11.5. The Bertz CT molecular complexity index is 629. The molecule has 1 aromatic carbocycles. The van der Waals surface area contributed by atoms with Crippen LogP contribution >= 0.6 is 23.2 Å². The molecule has 2 N–H and O–H groups in total. The zero-order valence-electron chi connectivity index (χ0n) is 9.96. The van der Waals surface area contributed by atoms with Crippen molar-refractivity contribution in [3.8, 4) is 0 Å². The van der Waals surface area contributed by atoms with Crippen molar-refractivity contribution in [2.45, 2.75) is 12.2 Å². The maximum absolute atomic E-state index is 13.0. The van der Waals surface area contributed by atoms with Crippen LogP contribution in [-0.2, 0) is 6.18 Å². The van der Waals surface area contributed by atoms with Gasteiger partial charge < -0.3 is 5.73 Å². The van der Waals surface area contributed by atoms with Crippen molar-refractivity contribution >= 4 is 23.2 Å². The van der Waals surface area contributed by atoms with E-state index in [1.165, 1.54) is 12.1 Å². The van der Waals surface area contributed by atoms with E-state index in [2.05, 4.69) is 4.98 Å². The first-order valence-electron chi connectivity index (χ1n) is 5.53. The van der Waals surface area contributed by atoms with Crippen molar-refractivity contribution < 1.29 is 13.2 Å². The lowest BCUT2D eigenvalue weighted by molar-refractivity contribution is -0.138. The van der Waals surface area contributed by atoms with E-state index in [0.717, 1.165) is 18.5 Å². The number of halogens is 5. The Morgan fingerprint density at radius 1 is 1.10 bits per heavy atom. The van der Waals surface area contributed by atoms with Crippen LogP contribution in [0.2, 0.25) is 10.0 Å². The molecule has 0 aliphatic carbocycles. The molecule has 0 amide bonds. The molecule has 0 saturated heterocycles. The number of hydrogen-bond donors (Lipinski definition) is 1. The summed E-state index contributed by atoms with van der Waals surface area (Å²) in [6.07, 6.45) is -2.36. The SMILES string of the molecule is NC(c1cnccc1C(F)(F)F)c1cccc(Cl)c1Cl. The van der Waals surface area contributed by atoms with Crippen molar-refractivity contribution in [1.82, 2.24) is 4.98 Å². The summed E-state index contributed by atoms with van der Waals surface area (Å²) in [5.74, 6) is 0. The number of nitrogens with two attached hydrogens (primary N) is 1. The molecule has 1 aromatic heterocycles. The maximum atomic E-state index is 13.0. The molecule has 0 fully saturated rings. The van der Waals surface area contributed by atoms with E-state index < -0.39 is 17.8 Å². The van der Waals surface area contributed by atoms with Gasteiger partial charge in [0.1, 0.15) is 0 Å². The van der Waals surface area contributed by atoms with E-state index in [1.54, 1.807) is 6.07 Å². The van der Waals surface area contributed by atoms with Crippen LogP contribution in [0, 0.1) is 0 Å². The number of alkyl halides is 3. The Morgan fingerprint density at radius 3 is 2.45 bits per heavy atom. The molecule has 20 heavy (non-hydrogen) atoms. The summed E-state index contributed by atoms with van der Waals surface area (Å²) >= 11 is 11.8. The van der Waals surface area contributed by atoms with Gasteiger partial charge in [-0.15, -0.1) is 0 Å². The average molecular weight is 321 g/mol. The van der Waals surface area contributed by atoms with Gasteiger partial charge in [-0.25, -0.2) is 0 Å². The van der Waals surface area contributed by atoms with E-state index in [4.69, 9.17) is 28.9 Å². The first-order valence-corrected chi connectivity index (χ1v) is 6.28. The molecule has 0 aliphatic rings. The van der Waals surface area contributed by atoms with Gasteiger partial charge in [0.25, 0.3) is 0 Å². The molecule has 2 nitrogen and oxygen atoms in total. The van der Waals surface area contributed by atoms with Gasteiger partial charge in [-0.2, -0.15) is 13.2 Å². The Balaban J connectivity index is 2.55. The van der Waals surface area contributed by atoms with Gasteiger partial charge in [0.15, 0.2) is 0 Å². The lowest BCUT2D eigenvalue weighted by Crippen LogP contribution is -2.19. The third kappa shape index (κ3) is 2.90. The fourth-order valence-electron chi connectivity index (χ4n) is 1.84. The molecule has 0 radical (unpaired) electrons. The largest absolute Gasteiger partial charge is 0.416 e. The van der Waals surface area contributed by atoms with Gasteiger partial charge in [-0.1, -0.05) is 35.3 Å². The highest BCUT2D eigenvalue weighted by atomic mass is 35.5. The van der Waals surface area contributed by atoms with E-state index >= 15 is 0 Å². The molecule has 106 valence electrons. The van der Waals surface area contributed by atoms with Crippen molar-refractivity contribution in [3.63, 3.8) is 0 Å². The van der Waals surface area contributed by atoms with Crippen LogP contribution in [0.25, 0.3) is 0 Å². The number of rotatable bonds is 2. The summed E-state index contributed by atoms with van der Waals surface area (Å²) in [6.45, 7) is 0. The Hall–Kier alpha value is -1.30. The minimum atomic E-state index is -4.51. The zero-order chi connectivity index (χ0) is 14.9. The maximum Gasteiger partial charge on any atom is 0.416 e. The lowest BCUT2D eigenvalue weighted by Gasteiger charge is -2.19. The predicted octanol–water partition coefficient (Wildman–Crippen LogP) is 4.46. The van der Waals surface area contributed by atoms with Crippen molar-refractivity contribution in [2.75, 3.05) is 0 Å². The second kappa shape index (κ2) is 5.60. The quantitative estimate of drug-likeness (QED) is 0.887. The summed E-state index contributed by atoms with van der Waals surface area (Å²) in [5, 5.41) is 0.371. The molecule has 1 heterocycles. The minimum Gasteiger partial charge on any atom is -0.320 e. The molecule has 0 saturated carbocycles. The van der Waals surface area contributed by atoms with Crippen LogP contribution in [0.15, 0.2) is 36.7 Å². The van der Waals surface area contributed by atoms with Gasteiger partial charge in [0.2, 0.25) is 0 Å². The summed E-state index contributed by atoms with van der Waals surface area (Å²) in [4.78, 5) is 3.70. The molecule has 0 bridgehead atoms. The van der Waals surface area contributed by atoms with Crippen LogP contribution < -0.4 is 5.73 Å². The highest BCUT2D eigenvalue weighted by Gasteiger charge is 2.35. The van der Waals surface area contributed by atoms with Crippen LogP contribution in [0.4, 0.5) is 13.2 Å². The summed E-state index contributed by atoms with van der Waals surface area (Å²) in [7, 11) is 0. The van der Waals surface area contributed by atoms with Crippen LogP contribution in [-0.4, -0.2) is 4.98 Å². The second-order valence-corrected chi connectivity index (χ2v) is 4.87. The van der Waals surface area contributed by atoms with Crippen LogP contribution in [0.5, 0.6) is 0 Å². The normalized spacial score (nSPS) is 13.3. The van der Waals surface area contributed by atoms with E-state index in [9.17, 15) is 13.2 Å². The van der Waals surface area contributed by atoms with Crippen molar-refractivity contribution in [3.05, 3.63) is 63.4 Å².